The number of amides is 1. The maximum Gasteiger partial charge on any atom is 0.471 e. The first-order valence-electron chi connectivity index (χ1n) is 10.4. The van der Waals surface area contributed by atoms with E-state index >= 15 is 0 Å². The van der Waals surface area contributed by atoms with E-state index in [1.54, 1.807) is 6.92 Å². The molecule has 0 rings (SSSR count). The molecule has 0 aromatic heterocycles. The predicted molar refractivity (Wildman–Crippen MR) is 100 cm³/mol. The van der Waals surface area contributed by atoms with Crippen molar-refractivity contribution in [2.45, 2.75) is 115 Å². The van der Waals surface area contributed by atoms with Gasteiger partial charge in [-0.3, -0.25) is 4.79 Å². The predicted octanol–water partition coefficient (Wildman–Crippen LogP) is 5.90. The highest BCUT2D eigenvalue weighted by atomic mass is 19.4. The summed E-state index contributed by atoms with van der Waals surface area (Å²) in [6.45, 7) is 1.93. The molecule has 6 heteroatoms. The minimum absolute atomic E-state index is 0.313. The van der Waals surface area contributed by atoms with Gasteiger partial charge in [0.2, 0.25) is 0 Å². The Morgan fingerprint density at radius 1 is 0.769 bits per heavy atom. The second-order valence-corrected chi connectivity index (χ2v) is 7.33. The van der Waals surface area contributed by atoms with Crippen molar-refractivity contribution < 1.29 is 23.1 Å². The Morgan fingerprint density at radius 2 is 1.12 bits per heavy atom. The number of rotatable bonds is 17. The maximum atomic E-state index is 12.1. The van der Waals surface area contributed by atoms with Crippen LogP contribution >= 0.6 is 0 Å². The summed E-state index contributed by atoms with van der Waals surface area (Å²) in [6.07, 6.45) is 12.3. The normalized spacial score (nSPS) is 13.0. The molecule has 0 fully saturated rings. The number of unbranched alkanes of at least 4 members (excludes halogenated alkanes) is 13. The van der Waals surface area contributed by atoms with Crippen LogP contribution in [0.15, 0.2) is 0 Å². The lowest BCUT2D eigenvalue weighted by Crippen LogP contribution is -2.41. The standard InChI is InChI=1S/C20H38F3NO2/c1-18(24-19(26)20(21,22)23)16-14-12-10-8-6-4-2-3-5-7-9-11-13-15-17-25/h18,25H,2-17H2,1H3,(H,24,26)/t18-/m1/s1. The van der Waals surface area contributed by atoms with Gasteiger partial charge in [-0.1, -0.05) is 83.5 Å². The molecule has 0 unspecified atom stereocenters. The zero-order valence-electron chi connectivity index (χ0n) is 16.4. The Labute approximate surface area is 157 Å². The van der Waals surface area contributed by atoms with E-state index in [1.165, 1.54) is 57.8 Å². The number of aliphatic hydroxyl groups excluding tert-OH is 1. The molecule has 0 bridgehead atoms. The van der Waals surface area contributed by atoms with Gasteiger partial charge >= 0.3 is 12.1 Å². The lowest BCUT2D eigenvalue weighted by Gasteiger charge is -2.14. The first-order valence-corrected chi connectivity index (χ1v) is 10.4. The third-order valence-electron chi connectivity index (χ3n) is 4.68. The van der Waals surface area contributed by atoms with Crippen molar-refractivity contribution in [1.29, 1.82) is 0 Å². The second kappa shape index (κ2) is 16.4. The van der Waals surface area contributed by atoms with Gasteiger partial charge in [0, 0.05) is 12.6 Å². The zero-order valence-corrected chi connectivity index (χ0v) is 16.4. The summed E-state index contributed by atoms with van der Waals surface area (Å²) in [7, 11) is 0. The minimum atomic E-state index is -4.78. The number of hydrogen-bond donors (Lipinski definition) is 2. The second-order valence-electron chi connectivity index (χ2n) is 7.33. The van der Waals surface area contributed by atoms with Gasteiger partial charge in [0.05, 0.1) is 0 Å². The van der Waals surface area contributed by atoms with Crippen LogP contribution in [0, 0.1) is 0 Å². The third kappa shape index (κ3) is 16.7. The highest BCUT2D eigenvalue weighted by Crippen LogP contribution is 2.16. The molecule has 0 aliphatic heterocycles. The Bertz CT molecular complexity index is 336. The van der Waals surface area contributed by atoms with Crippen LogP contribution in [0.3, 0.4) is 0 Å². The molecule has 1 atom stereocenters. The molecule has 0 aliphatic rings. The largest absolute Gasteiger partial charge is 0.471 e. The topological polar surface area (TPSA) is 49.3 Å². The van der Waals surface area contributed by atoms with Crippen molar-refractivity contribution in [3.05, 3.63) is 0 Å². The van der Waals surface area contributed by atoms with Crippen molar-refractivity contribution in [3.63, 3.8) is 0 Å². The van der Waals surface area contributed by atoms with Gasteiger partial charge in [-0.05, 0) is 19.8 Å². The van der Waals surface area contributed by atoms with Crippen molar-refractivity contribution in [1.82, 2.24) is 5.32 Å². The first kappa shape index (κ1) is 25.2. The van der Waals surface area contributed by atoms with E-state index in [4.69, 9.17) is 5.11 Å². The summed E-state index contributed by atoms with van der Waals surface area (Å²) in [5, 5.41) is 10.7. The van der Waals surface area contributed by atoms with Crippen LogP contribution < -0.4 is 5.32 Å². The highest BCUT2D eigenvalue weighted by molar-refractivity contribution is 5.81. The molecule has 0 aromatic carbocycles. The molecule has 0 heterocycles. The van der Waals surface area contributed by atoms with Crippen molar-refractivity contribution in [2.24, 2.45) is 0 Å². The van der Waals surface area contributed by atoms with Gasteiger partial charge in [-0.25, -0.2) is 0 Å². The smallest absolute Gasteiger partial charge is 0.396 e. The molecule has 0 aliphatic carbocycles. The molecule has 0 saturated heterocycles. The molecule has 0 spiro atoms. The van der Waals surface area contributed by atoms with E-state index in [2.05, 4.69) is 0 Å². The quantitative estimate of drug-likeness (QED) is 0.308. The average Bonchev–Trinajstić information content (AvgIpc) is 2.57. The zero-order chi connectivity index (χ0) is 19.7. The minimum Gasteiger partial charge on any atom is -0.396 e. The fraction of sp³-hybridized carbons (Fsp3) is 0.950. The van der Waals surface area contributed by atoms with Crippen LogP contribution in [0.2, 0.25) is 0 Å². The van der Waals surface area contributed by atoms with Gasteiger partial charge in [-0.15, -0.1) is 0 Å². The fourth-order valence-corrected chi connectivity index (χ4v) is 3.06. The van der Waals surface area contributed by atoms with Crippen LogP contribution in [-0.4, -0.2) is 29.8 Å². The van der Waals surface area contributed by atoms with E-state index in [1.807, 2.05) is 5.32 Å². The van der Waals surface area contributed by atoms with Crippen LogP contribution in [0.1, 0.15) is 103 Å². The van der Waals surface area contributed by atoms with Crippen LogP contribution in [0.5, 0.6) is 0 Å². The Hall–Kier alpha value is -0.780. The van der Waals surface area contributed by atoms with Gasteiger partial charge in [0.15, 0.2) is 0 Å². The summed E-state index contributed by atoms with van der Waals surface area (Å²) >= 11 is 0. The Kier molecular flexibility index (Phi) is 15.9. The monoisotopic (exact) mass is 381 g/mol. The molecule has 26 heavy (non-hydrogen) atoms. The number of aliphatic hydroxyl groups is 1. The first-order chi connectivity index (χ1) is 12.4. The van der Waals surface area contributed by atoms with Gasteiger partial charge < -0.3 is 10.4 Å². The highest BCUT2D eigenvalue weighted by Gasteiger charge is 2.38. The fourth-order valence-electron chi connectivity index (χ4n) is 3.06. The average molecular weight is 382 g/mol. The molecule has 0 aromatic rings. The Balaban J connectivity index is 3.25. The summed E-state index contributed by atoms with van der Waals surface area (Å²) in [5.74, 6) is -1.84. The van der Waals surface area contributed by atoms with Crippen LogP contribution in [0.25, 0.3) is 0 Å². The third-order valence-corrected chi connectivity index (χ3v) is 4.68. The molecule has 0 radical (unpaired) electrons. The number of carbonyl (C=O) groups is 1. The molecular weight excluding hydrogens is 343 g/mol. The number of alkyl halides is 3. The summed E-state index contributed by atoms with van der Waals surface area (Å²) < 4.78 is 36.3. The maximum absolute atomic E-state index is 12.1. The van der Waals surface area contributed by atoms with E-state index < -0.39 is 18.1 Å². The number of halogens is 3. The lowest BCUT2D eigenvalue weighted by atomic mass is 10.0. The van der Waals surface area contributed by atoms with Gasteiger partial charge in [0.25, 0.3) is 0 Å². The van der Waals surface area contributed by atoms with Crippen LogP contribution in [-0.2, 0) is 4.79 Å². The summed E-state index contributed by atoms with van der Waals surface area (Å²) in [4.78, 5) is 10.8. The summed E-state index contributed by atoms with van der Waals surface area (Å²) in [6, 6.07) is -0.423. The molecule has 0 saturated carbocycles. The summed E-state index contributed by atoms with van der Waals surface area (Å²) in [5.41, 5.74) is 0. The van der Waals surface area contributed by atoms with Crippen LogP contribution in [0.4, 0.5) is 13.2 Å². The molecular formula is C20H38F3NO2. The molecule has 156 valence electrons. The van der Waals surface area contributed by atoms with Crippen molar-refractivity contribution >= 4 is 5.91 Å². The van der Waals surface area contributed by atoms with Crippen molar-refractivity contribution in [3.8, 4) is 0 Å². The van der Waals surface area contributed by atoms with E-state index in [-0.39, 0.29) is 0 Å². The molecule has 3 nitrogen and oxygen atoms in total. The lowest BCUT2D eigenvalue weighted by molar-refractivity contribution is -0.174. The van der Waals surface area contributed by atoms with Gasteiger partial charge in [0.1, 0.15) is 0 Å². The van der Waals surface area contributed by atoms with Gasteiger partial charge in [-0.2, -0.15) is 13.2 Å². The van der Waals surface area contributed by atoms with E-state index in [9.17, 15) is 18.0 Å². The number of nitrogens with one attached hydrogen (secondary N) is 1. The number of carbonyl (C=O) groups excluding carboxylic acids is 1. The number of hydrogen-bond acceptors (Lipinski definition) is 2. The molecule has 1 amide bonds. The Morgan fingerprint density at radius 3 is 1.46 bits per heavy atom. The SMILES string of the molecule is C[C@H](CCCCCCCCCCCCCCCCO)NC(=O)C(F)(F)F. The molecule has 2 N–H and O–H groups in total. The van der Waals surface area contributed by atoms with E-state index in [0.29, 0.717) is 13.0 Å². The van der Waals surface area contributed by atoms with Crippen molar-refractivity contribution in [2.75, 3.05) is 6.61 Å². The van der Waals surface area contributed by atoms with E-state index in [0.717, 1.165) is 32.1 Å².